The van der Waals surface area contributed by atoms with Gasteiger partial charge in [0.15, 0.2) is 0 Å². The Hall–Kier alpha value is -3.21. The standard InChI is InChI=1S/C17H11N3O2/c21-20(22)16-8-9-18-10-14(16)13-6-3-5-12-11-4-1-2-7-15(11)19-17(12)13/h1-10,19H. The van der Waals surface area contributed by atoms with Crippen LogP contribution in [0.4, 0.5) is 5.69 Å². The van der Waals surface area contributed by atoms with E-state index >= 15 is 0 Å². The third-order valence-corrected chi connectivity index (χ3v) is 3.83. The van der Waals surface area contributed by atoms with Crippen molar-refractivity contribution in [3.63, 3.8) is 0 Å². The predicted molar refractivity (Wildman–Crippen MR) is 85.7 cm³/mol. The number of hydrogen-bond donors (Lipinski definition) is 1. The van der Waals surface area contributed by atoms with Crippen molar-refractivity contribution in [3.05, 3.63) is 71.0 Å². The van der Waals surface area contributed by atoms with Crippen molar-refractivity contribution in [2.24, 2.45) is 0 Å². The van der Waals surface area contributed by atoms with E-state index in [0.29, 0.717) is 5.56 Å². The van der Waals surface area contributed by atoms with Crippen LogP contribution in [0, 0.1) is 10.1 Å². The second-order valence-corrected chi connectivity index (χ2v) is 5.05. The van der Waals surface area contributed by atoms with Gasteiger partial charge in [0.1, 0.15) is 0 Å². The lowest BCUT2D eigenvalue weighted by Crippen LogP contribution is -1.93. The van der Waals surface area contributed by atoms with Gasteiger partial charge in [0.25, 0.3) is 5.69 Å². The van der Waals surface area contributed by atoms with Crippen molar-refractivity contribution >= 4 is 27.5 Å². The largest absolute Gasteiger partial charge is 0.354 e. The molecule has 0 fully saturated rings. The van der Waals surface area contributed by atoms with Gasteiger partial charge in [-0.15, -0.1) is 0 Å². The van der Waals surface area contributed by atoms with Gasteiger partial charge in [-0.05, 0) is 6.07 Å². The van der Waals surface area contributed by atoms with Crippen LogP contribution in [0.5, 0.6) is 0 Å². The van der Waals surface area contributed by atoms with E-state index in [4.69, 9.17) is 0 Å². The molecule has 5 nitrogen and oxygen atoms in total. The highest BCUT2D eigenvalue weighted by Gasteiger charge is 2.18. The summed E-state index contributed by atoms with van der Waals surface area (Å²) in [5.41, 5.74) is 3.26. The lowest BCUT2D eigenvalue weighted by atomic mass is 10.0. The summed E-state index contributed by atoms with van der Waals surface area (Å²) >= 11 is 0. The topological polar surface area (TPSA) is 71.8 Å². The SMILES string of the molecule is O=[N+]([O-])c1ccncc1-c1cccc2c1[nH]c1ccccc12. The number of fused-ring (bicyclic) bond motifs is 3. The highest BCUT2D eigenvalue weighted by atomic mass is 16.6. The highest BCUT2D eigenvalue weighted by Crippen LogP contribution is 2.36. The summed E-state index contributed by atoms with van der Waals surface area (Å²) in [7, 11) is 0. The molecule has 0 amide bonds. The Bertz CT molecular complexity index is 1020. The number of pyridine rings is 1. The van der Waals surface area contributed by atoms with Crippen LogP contribution in [0.3, 0.4) is 0 Å². The van der Waals surface area contributed by atoms with Crippen LogP contribution in [0.1, 0.15) is 0 Å². The maximum Gasteiger partial charge on any atom is 0.280 e. The monoisotopic (exact) mass is 289 g/mol. The van der Waals surface area contributed by atoms with E-state index in [-0.39, 0.29) is 10.6 Å². The summed E-state index contributed by atoms with van der Waals surface area (Å²) in [6.45, 7) is 0. The lowest BCUT2D eigenvalue weighted by molar-refractivity contribution is -0.384. The smallest absolute Gasteiger partial charge is 0.280 e. The van der Waals surface area contributed by atoms with Gasteiger partial charge in [0.2, 0.25) is 0 Å². The Balaban J connectivity index is 2.10. The molecule has 2 aromatic heterocycles. The van der Waals surface area contributed by atoms with Crippen molar-refractivity contribution in [1.29, 1.82) is 0 Å². The second kappa shape index (κ2) is 4.66. The maximum atomic E-state index is 11.3. The lowest BCUT2D eigenvalue weighted by Gasteiger charge is -2.04. The van der Waals surface area contributed by atoms with E-state index in [9.17, 15) is 10.1 Å². The first-order valence-electron chi connectivity index (χ1n) is 6.84. The predicted octanol–water partition coefficient (Wildman–Crippen LogP) is 4.29. The molecule has 106 valence electrons. The van der Waals surface area contributed by atoms with Crippen LogP contribution < -0.4 is 0 Å². The Kier molecular flexibility index (Phi) is 2.66. The molecule has 4 aromatic rings. The zero-order valence-corrected chi connectivity index (χ0v) is 11.5. The van der Waals surface area contributed by atoms with Crippen molar-refractivity contribution in [3.8, 4) is 11.1 Å². The van der Waals surface area contributed by atoms with E-state index in [1.807, 2.05) is 42.5 Å². The molecule has 0 radical (unpaired) electrons. The summed E-state index contributed by atoms with van der Waals surface area (Å²) < 4.78 is 0. The molecular formula is C17H11N3O2. The molecule has 0 aliphatic rings. The quantitative estimate of drug-likeness (QED) is 0.442. The summed E-state index contributed by atoms with van der Waals surface area (Å²) in [5, 5.41) is 13.4. The van der Waals surface area contributed by atoms with Gasteiger partial charge in [-0.2, -0.15) is 0 Å². The van der Waals surface area contributed by atoms with Crippen molar-refractivity contribution in [1.82, 2.24) is 9.97 Å². The average Bonchev–Trinajstić information content (AvgIpc) is 2.93. The Morgan fingerprint density at radius 2 is 1.77 bits per heavy atom. The van der Waals surface area contributed by atoms with Gasteiger partial charge in [-0.25, -0.2) is 0 Å². The Labute approximate surface area is 125 Å². The molecule has 2 aromatic carbocycles. The normalized spacial score (nSPS) is 11.1. The minimum atomic E-state index is -0.376. The highest BCUT2D eigenvalue weighted by molar-refractivity contribution is 6.12. The van der Waals surface area contributed by atoms with Gasteiger partial charge in [0, 0.05) is 40.3 Å². The molecule has 0 saturated heterocycles. The zero-order chi connectivity index (χ0) is 15.1. The second-order valence-electron chi connectivity index (χ2n) is 5.05. The van der Waals surface area contributed by atoms with E-state index in [2.05, 4.69) is 9.97 Å². The third kappa shape index (κ3) is 1.76. The van der Waals surface area contributed by atoms with Gasteiger partial charge >= 0.3 is 0 Å². The van der Waals surface area contributed by atoms with Crippen molar-refractivity contribution in [2.75, 3.05) is 0 Å². The van der Waals surface area contributed by atoms with Gasteiger partial charge in [-0.1, -0.05) is 36.4 Å². The van der Waals surface area contributed by atoms with Gasteiger partial charge in [-0.3, -0.25) is 15.1 Å². The molecule has 0 aliphatic heterocycles. The molecule has 0 aliphatic carbocycles. The Morgan fingerprint density at radius 3 is 2.64 bits per heavy atom. The van der Waals surface area contributed by atoms with E-state index in [0.717, 1.165) is 27.4 Å². The maximum absolute atomic E-state index is 11.3. The molecule has 0 unspecified atom stereocenters. The number of nitro groups is 1. The Morgan fingerprint density at radius 1 is 0.955 bits per heavy atom. The minimum absolute atomic E-state index is 0.0566. The number of rotatable bonds is 2. The molecule has 2 heterocycles. The summed E-state index contributed by atoms with van der Waals surface area (Å²) in [4.78, 5) is 18.3. The molecule has 5 heteroatoms. The average molecular weight is 289 g/mol. The van der Waals surface area contributed by atoms with Crippen molar-refractivity contribution < 1.29 is 4.92 Å². The van der Waals surface area contributed by atoms with Crippen LogP contribution in [-0.2, 0) is 0 Å². The molecular weight excluding hydrogens is 278 g/mol. The third-order valence-electron chi connectivity index (χ3n) is 3.83. The number of H-pyrrole nitrogens is 1. The summed E-state index contributed by atoms with van der Waals surface area (Å²) in [6.07, 6.45) is 2.98. The fraction of sp³-hybridized carbons (Fsp3) is 0. The number of hydrogen-bond acceptors (Lipinski definition) is 3. The molecule has 0 bridgehead atoms. The van der Waals surface area contributed by atoms with Crippen LogP contribution >= 0.6 is 0 Å². The van der Waals surface area contributed by atoms with Gasteiger partial charge < -0.3 is 4.98 Å². The van der Waals surface area contributed by atoms with E-state index in [1.54, 1.807) is 6.20 Å². The first kappa shape index (κ1) is 12.5. The molecule has 1 N–H and O–H groups in total. The number of nitrogens with one attached hydrogen (secondary N) is 1. The number of aromatic nitrogens is 2. The fourth-order valence-electron chi connectivity index (χ4n) is 2.85. The van der Waals surface area contributed by atoms with Crippen molar-refractivity contribution in [2.45, 2.75) is 0 Å². The van der Waals surface area contributed by atoms with Crippen LogP contribution in [0.25, 0.3) is 32.9 Å². The summed E-state index contributed by atoms with van der Waals surface area (Å²) in [6, 6.07) is 15.2. The van der Waals surface area contributed by atoms with Gasteiger partial charge in [0.05, 0.1) is 16.0 Å². The fourth-order valence-corrected chi connectivity index (χ4v) is 2.85. The number of para-hydroxylation sites is 2. The molecule has 0 atom stereocenters. The van der Waals surface area contributed by atoms with Crippen LogP contribution in [0.2, 0.25) is 0 Å². The van der Waals surface area contributed by atoms with Crippen LogP contribution in [0.15, 0.2) is 60.9 Å². The first-order chi connectivity index (χ1) is 10.8. The van der Waals surface area contributed by atoms with Crippen LogP contribution in [-0.4, -0.2) is 14.9 Å². The number of aromatic amines is 1. The summed E-state index contributed by atoms with van der Waals surface area (Å²) in [5.74, 6) is 0. The molecule has 22 heavy (non-hydrogen) atoms. The number of benzene rings is 2. The zero-order valence-electron chi connectivity index (χ0n) is 11.5. The minimum Gasteiger partial charge on any atom is -0.354 e. The molecule has 0 spiro atoms. The van der Waals surface area contributed by atoms with E-state index < -0.39 is 0 Å². The molecule has 4 rings (SSSR count). The first-order valence-corrected chi connectivity index (χ1v) is 6.84. The van der Waals surface area contributed by atoms with E-state index in [1.165, 1.54) is 12.3 Å². The number of nitrogens with zero attached hydrogens (tertiary/aromatic N) is 2. The molecule has 0 saturated carbocycles.